The van der Waals surface area contributed by atoms with Gasteiger partial charge >= 0.3 is 5.97 Å². The Morgan fingerprint density at radius 1 is 1.24 bits per heavy atom. The van der Waals surface area contributed by atoms with Gasteiger partial charge in [-0.05, 0) is 82.5 Å². The average Bonchev–Trinajstić information content (AvgIpc) is 2.35. The Morgan fingerprint density at radius 2 is 1.86 bits per heavy atom. The fourth-order valence-electron chi connectivity index (χ4n) is 5.39. The van der Waals surface area contributed by atoms with Crippen LogP contribution in [0.25, 0.3) is 0 Å². The van der Waals surface area contributed by atoms with Crippen LogP contribution in [-0.4, -0.2) is 23.3 Å². The Balaban J connectivity index is 1.57. The smallest absolute Gasteiger partial charge is 0.311 e. The van der Waals surface area contributed by atoms with E-state index in [4.69, 9.17) is 4.74 Å². The average molecular weight is 294 g/mol. The number of carbonyl (C=O) groups excluding carboxylic acids is 1. The second-order valence-corrected chi connectivity index (χ2v) is 8.81. The van der Waals surface area contributed by atoms with Gasteiger partial charge in [0.1, 0.15) is 0 Å². The van der Waals surface area contributed by atoms with Gasteiger partial charge in [0.2, 0.25) is 0 Å². The van der Waals surface area contributed by atoms with Crippen LogP contribution in [0.1, 0.15) is 72.1 Å². The maximum Gasteiger partial charge on any atom is 0.311 e. The maximum atomic E-state index is 12.1. The largest absolute Gasteiger partial charge is 0.465 e. The number of hydrogen-bond donors (Lipinski definition) is 1. The minimum atomic E-state index is -0.406. The lowest BCUT2D eigenvalue weighted by molar-refractivity contribution is -0.173. The number of carbonyl (C=O) groups is 1. The zero-order valence-electron chi connectivity index (χ0n) is 13.8. The van der Waals surface area contributed by atoms with Crippen LogP contribution in [0.3, 0.4) is 0 Å². The highest BCUT2D eigenvalue weighted by molar-refractivity contribution is 5.75. The van der Waals surface area contributed by atoms with E-state index in [1.54, 1.807) is 0 Å². The van der Waals surface area contributed by atoms with Crippen LogP contribution in [0.5, 0.6) is 0 Å². The first-order chi connectivity index (χ1) is 9.76. The number of hydrogen-bond acceptors (Lipinski definition) is 3. The van der Waals surface area contributed by atoms with Crippen LogP contribution < -0.4 is 0 Å². The summed E-state index contributed by atoms with van der Waals surface area (Å²) in [6.07, 6.45) is 8.48. The summed E-state index contributed by atoms with van der Waals surface area (Å²) in [5, 5.41) is 10.7. The van der Waals surface area contributed by atoms with E-state index in [9.17, 15) is 9.90 Å². The molecule has 4 saturated carbocycles. The molecule has 3 heteroatoms. The van der Waals surface area contributed by atoms with Crippen LogP contribution in [0, 0.1) is 22.7 Å². The Hall–Kier alpha value is -0.570. The van der Waals surface area contributed by atoms with Crippen LogP contribution in [-0.2, 0) is 9.53 Å². The zero-order chi connectivity index (χ0) is 15.3. The summed E-state index contributed by atoms with van der Waals surface area (Å²) in [4.78, 5) is 12.1. The minimum absolute atomic E-state index is 0.0755. The van der Waals surface area contributed by atoms with Crippen LogP contribution >= 0.6 is 0 Å². The molecule has 0 saturated heterocycles. The number of esters is 1. The van der Waals surface area contributed by atoms with E-state index >= 15 is 0 Å². The topological polar surface area (TPSA) is 46.5 Å². The van der Waals surface area contributed by atoms with E-state index < -0.39 is 5.60 Å². The molecule has 21 heavy (non-hydrogen) atoms. The molecule has 4 bridgehead atoms. The quantitative estimate of drug-likeness (QED) is 0.787. The molecule has 0 aromatic carbocycles. The standard InChI is InChI=1S/C18H30O3/c1-4-16(2,3)15(19)21-6-5-17-8-13-7-14(9-17)11-18(20,10-13)12-17/h13-14,20H,4-12H2,1-3H3. The van der Waals surface area contributed by atoms with E-state index in [-0.39, 0.29) is 16.8 Å². The van der Waals surface area contributed by atoms with Crippen molar-refractivity contribution in [1.29, 1.82) is 0 Å². The van der Waals surface area contributed by atoms with Crippen molar-refractivity contribution < 1.29 is 14.6 Å². The minimum Gasteiger partial charge on any atom is -0.465 e. The van der Waals surface area contributed by atoms with Crippen LogP contribution in [0.15, 0.2) is 0 Å². The highest BCUT2D eigenvalue weighted by Crippen LogP contribution is 2.62. The van der Waals surface area contributed by atoms with Gasteiger partial charge in [0.15, 0.2) is 0 Å². The summed E-state index contributed by atoms with van der Waals surface area (Å²) >= 11 is 0. The van der Waals surface area contributed by atoms with E-state index in [1.165, 1.54) is 19.3 Å². The molecule has 0 spiro atoms. The first-order valence-corrected chi connectivity index (χ1v) is 8.66. The van der Waals surface area contributed by atoms with Gasteiger partial charge in [-0.2, -0.15) is 0 Å². The molecule has 4 rings (SSSR count). The highest BCUT2D eigenvalue weighted by atomic mass is 16.5. The summed E-state index contributed by atoms with van der Waals surface area (Å²) in [5.74, 6) is 1.34. The lowest BCUT2D eigenvalue weighted by Gasteiger charge is -2.60. The lowest BCUT2D eigenvalue weighted by Crippen LogP contribution is -2.55. The summed E-state index contributed by atoms with van der Waals surface area (Å²) in [7, 11) is 0. The van der Waals surface area contributed by atoms with Crippen molar-refractivity contribution in [2.45, 2.75) is 77.7 Å². The molecular weight excluding hydrogens is 264 g/mol. The predicted molar refractivity (Wildman–Crippen MR) is 81.7 cm³/mol. The molecule has 4 aliphatic rings. The third-order valence-corrected chi connectivity index (χ3v) is 6.45. The Labute approximate surface area is 128 Å². The fourth-order valence-corrected chi connectivity index (χ4v) is 5.39. The molecule has 4 fully saturated rings. The molecule has 0 aromatic heterocycles. The van der Waals surface area contributed by atoms with Gasteiger partial charge in [0.05, 0.1) is 17.6 Å². The lowest BCUT2D eigenvalue weighted by atomic mass is 9.47. The van der Waals surface area contributed by atoms with Crippen molar-refractivity contribution >= 4 is 5.97 Å². The van der Waals surface area contributed by atoms with Gasteiger partial charge in [0.25, 0.3) is 0 Å². The molecule has 2 unspecified atom stereocenters. The van der Waals surface area contributed by atoms with E-state index in [0.717, 1.165) is 32.1 Å². The van der Waals surface area contributed by atoms with Gasteiger partial charge in [-0.3, -0.25) is 4.79 Å². The van der Waals surface area contributed by atoms with Gasteiger partial charge < -0.3 is 9.84 Å². The first kappa shape index (κ1) is 15.3. The molecule has 0 radical (unpaired) electrons. The van der Waals surface area contributed by atoms with Crippen LogP contribution in [0.2, 0.25) is 0 Å². The van der Waals surface area contributed by atoms with Crippen molar-refractivity contribution in [2.24, 2.45) is 22.7 Å². The van der Waals surface area contributed by atoms with E-state index in [0.29, 0.717) is 18.4 Å². The Bertz CT molecular complexity index is 412. The summed E-state index contributed by atoms with van der Waals surface area (Å²) in [5.41, 5.74) is -0.536. The highest BCUT2D eigenvalue weighted by Gasteiger charge is 2.56. The van der Waals surface area contributed by atoms with Crippen molar-refractivity contribution in [1.82, 2.24) is 0 Å². The summed E-state index contributed by atoms with van der Waals surface area (Å²) in [6, 6.07) is 0. The monoisotopic (exact) mass is 294 g/mol. The summed E-state index contributed by atoms with van der Waals surface area (Å²) in [6.45, 7) is 6.44. The maximum absolute atomic E-state index is 12.1. The molecule has 0 amide bonds. The van der Waals surface area contributed by atoms with Crippen molar-refractivity contribution in [3.63, 3.8) is 0 Å². The third kappa shape index (κ3) is 2.86. The molecule has 3 nitrogen and oxygen atoms in total. The SMILES string of the molecule is CCC(C)(C)C(=O)OCCC12CC3CC(CC(O)(C3)C1)C2. The molecule has 0 heterocycles. The Kier molecular flexibility index (Phi) is 3.63. The molecule has 0 aromatic rings. The van der Waals surface area contributed by atoms with E-state index in [2.05, 4.69) is 0 Å². The number of rotatable bonds is 5. The van der Waals surface area contributed by atoms with Crippen LogP contribution in [0.4, 0.5) is 0 Å². The molecule has 4 aliphatic carbocycles. The van der Waals surface area contributed by atoms with Crippen molar-refractivity contribution in [3.8, 4) is 0 Å². The van der Waals surface area contributed by atoms with E-state index in [1.807, 2.05) is 20.8 Å². The van der Waals surface area contributed by atoms with Crippen molar-refractivity contribution in [3.05, 3.63) is 0 Å². The molecule has 2 atom stereocenters. The van der Waals surface area contributed by atoms with Gasteiger partial charge in [-0.1, -0.05) is 6.92 Å². The second kappa shape index (κ2) is 4.97. The zero-order valence-corrected chi connectivity index (χ0v) is 13.8. The molecule has 0 aliphatic heterocycles. The predicted octanol–water partition coefficient (Wildman–Crippen LogP) is 3.69. The second-order valence-electron chi connectivity index (χ2n) is 8.81. The number of ether oxygens (including phenoxy) is 1. The summed E-state index contributed by atoms with van der Waals surface area (Å²) < 4.78 is 5.55. The normalized spacial score (nSPS) is 41.3. The molecule has 1 N–H and O–H groups in total. The Morgan fingerprint density at radius 3 is 2.38 bits per heavy atom. The first-order valence-electron chi connectivity index (χ1n) is 8.66. The van der Waals surface area contributed by atoms with Gasteiger partial charge in [0, 0.05) is 0 Å². The molecular formula is C18H30O3. The van der Waals surface area contributed by atoms with Gasteiger partial charge in [-0.25, -0.2) is 0 Å². The number of aliphatic hydroxyl groups is 1. The molecule has 120 valence electrons. The van der Waals surface area contributed by atoms with Crippen molar-refractivity contribution in [2.75, 3.05) is 6.61 Å². The fraction of sp³-hybridized carbons (Fsp3) is 0.944. The van der Waals surface area contributed by atoms with Gasteiger partial charge in [-0.15, -0.1) is 0 Å². The third-order valence-electron chi connectivity index (χ3n) is 6.45.